The van der Waals surface area contributed by atoms with Gasteiger partial charge in [0.05, 0.1) is 25.0 Å². The zero-order valence-electron chi connectivity index (χ0n) is 14.3. The van der Waals surface area contributed by atoms with Gasteiger partial charge in [-0.15, -0.1) is 0 Å². The van der Waals surface area contributed by atoms with Crippen molar-refractivity contribution in [1.29, 1.82) is 0 Å². The number of benzene rings is 1. The predicted octanol–water partition coefficient (Wildman–Crippen LogP) is 3.51. The van der Waals surface area contributed by atoms with E-state index >= 15 is 0 Å². The quantitative estimate of drug-likeness (QED) is 0.676. The van der Waals surface area contributed by atoms with Crippen molar-refractivity contribution in [3.63, 3.8) is 0 Å². The molecule has 0 radical (unpaired) electrons. The van der Waals surface area contributed by atoms with Crippen molar-refractivity contribution in [2.45, 2.75) is 25.4 Å². The summed E-state index contributed by atoms with van der Waals surface area (Å²) in [5.41, 5.74) is 1.29. The average Bonchev–Trinajstić information content (AvgIpc) is 3.40. The maximum atomic E-state index is 14.0. The molecule has 134 valence electrons. The first-order valence-electron chi connectivity index (χ1n) is 8.42. The number of nitrogens with zero attached hydrogens (tertiary/aromatic N) is 4. The molecule has 1 fully saturated rings. The molecule has 3 aromatic rings. The second-order valence-corrected chi connectivity index (χ2v) is 6.10. The fraction of sp³-hybridized carbons (Fsp3) is 0.278. The lowest BCUT2D eigenvalue weighted by molar-refractivity contribution is 0.405. The van der Waals surface area contributed by atoms with Gasteiger partial charge < -0.3 is 15.4 Å². The number of hydrogen-bond donors (Lipinski definition) is 2. The molecule has 0 unspecified atom stereocenters. The topological polar surface area (TPSA) is 76.9 Å². The van der Waals surface area contributed by atoms with Crippen LogP contribution in [0.5, 0.6) is 5.75 Å². The fourth-order valence-corrected chi connectivity index (χ4v) is 2.67. The molecule has 4 rings (SSSR count). The molecule has 26 heavy (non-hydrogen) atoms. The molecule has 0 bridgehead atoms. The third kappa shape index (κ3) is 3.58. The standard InChI is InChI=1S/C18H19FN6O/c1-26-16-4-2-3-15(19)14(16)10-21-17-7-8-20-18(24-17)23-12-9-22-25(11-12)13-5-6-13/h2-4,7-9,11,13H,5-6,10H2,1H3,(H2,20,21,23,24). The van der Waals surface area contributed by atoms with E-state index in [1.165, 1.54) is 26.0 Å². The van der Waals surface area contributed by atoms with Crippen LogP contribution in [0.4, 0.5) is 21.8 Å². The number of hydrogen-bond acceptors (Lipinski definition) is 6. The maximum Gasteiger partial charge on any atom is 0.229 e. The SMILES string of the molecule is COc1cccc(F)c1CNc1ccnc(Nc2cnn(C3CC3)c2)n1. The minimum atomic E-state index is -0.322. The van der Waals surface area contributed by atoms with Crippen molar-refractivity contribution in [2.24, 2.45) is 0 Å². The van der Waals surface area contributed by atoms with Crippen LogP contribution < -0.4 is 15.4 Å². The molecular formula is C18H19FN6O. The zero-order chi connectivity index (χ0) is 17.9. The number of ether oxygens (including phenoxy) is 1. The van der Waals surface area contributed by atoms with Crippen molar-refractivity contribution in [1.82, 2.24) is 19.7 Å². The highest BCUT2D eigenvalue weighted by Crippen LogP contribution is 2.34. The van der Waals surface area contributed by atoms with Crippen LogP contribution in [0.3, 0.4) is 0 Å². The van der Waals surface area contributed by atoms with Crippen LogP contribution in [0.2, 0.25) is 0 Å². The Morgan fingerprint density at radius 3 is 3.00 bits per heavy atom. The minimum Gasteiger partial charge on any atom is -0.496 e. The summed E-state index contributed by atoms with van der Waals surface area (Å²) in [6.45, 7) is 0.256. The minimum absolute atomic E-state index is 0.256. The van der Waals surface area contributed by atoms with Gasteiger partial charge in [-0.2, -0.15) is 10.1 Å². The van der Waals surface area contributed by atoms with Gasteiger partial charge in [-0.25, -0.2) is 9.37 Å². The van der Waals surface area contributed by atoms with Gasteiger partial charge in [0.1, 0.15) is 17.4 Å². The molecule has 7 nitrogen and oxygen atoms in total. The van der Waals surface area contributed by atoms with Gasteiger partial charge in [-0.3, -0.25) is 4.68 Å². The van der Waals surface area contributed by atoms with Crippen molar-refractivity contribution in [2.75, 3.05) is 17.7 Å². The van der Waals surface area contributed by atoms with Crippen molar-refractivity contribution >= 4 is 17.5 Å². The molecule has 8 heteroatoms. The summed E-state index contributed by atoms with van der Waals surface area (Å²) < 4.78 is 21.2. The number of nitrogens with one attached hydrogen (secondary N) is 2. The van der Waals surface area contributed by atoms with Crippen LogP contribution in [0.25, 0.3) is 0 Å². The Morgan fingerprint density at radius 1 is 1.31 bits per heavy atom. The highest BCUT2D eigenvalue weighted by Gasteiger charge is 2.24. The summed E-state index contributed by atoms with van der Waals surface area (Å²) in [5.74, 6) is 1.21. The second-order valence-electron chi connectivity index (χ2n) is 6.10. The molecule has 0 amide bonds. The second kappa shape index (κ2) is 6.99. The summed E-state index contributed by atoms with van der Waals surface area (Å²) in [5, 5.41) is 10.6. The summed E-state index contributed by atoms with van der Waals surface area (Å²) in [6.07, 6.45) is 7.70. The Bertz CT molecular complexity index is 908. The molecule has 1 aromatic carbocycles. The Morgan fingerprint density at radius 2 is 2.19 bits per heavy atom. The average molecular weight is 354 g/mol. The van der Waals surface area contributed by atoms with Crippen LogP contribution in [0.1, 0.15) is 24.4 Å². The lowest BCUT2D eigenvalue weighted by Gasteiger charge is -2.11. The zero-order valence-corrected chi connectivity index (χ0v) is 14.3. The number of anilines is 3. The van der Waals surface area contributed by atoms with E-state index in [9.17, 15) is 4.39 Å². The van der Waals surface area contributed by atoms with Gasteiger partial charge >= 0.3 is 0 Å². The van der Waals surface area contributed by atoms with Gasteiger partial charge in [-0.05, 0) is 31.0 Å². The normalized spacial score (nSPS) is 13.5. The Labute approximate surface area is 150 Å². The van der Waals surface area contributed by atoms with Gasteiger partial charge in [0.2, 0.25) is 5.95 Å². The van der Waals surface area contributed by atoms with E-state index < -0.39 is 0 Å². The first-order valence-corrected chi connectivity index (χ1v) is 8.42. The molecule has 1 saturated carbocycles. The Kier molecular flexibility index (Phi) is 4.39. The van der Waals surface area contributed by atoms with Crippen molar-refractivity contribution in [3.05, 3.63) is 54.2 Å². The molecule has 1 aliphatic rings. The molecule has 0 spiro atoms. The third-order valence-electron chi connectivity index (χ3n) is 4.18. The molecular weight excluding hydrogens is 335 g/mol. The summed E-state index contributed by atoms with van der Waals surface area (Å²) >= 11 is 0. The van der Waals surface area contributed by atoms with Crippen LogP contribution in [-0.4, -0.2) is 26.9 Å². The van der Waals surface area contributed by atoms with Crippen molar-refractivity contribution < 1.29 is 9.13 Å². The van der Waals surface area contributed by atoms with Crippen LogP contribution >= 0.6 is 0 Å². The van der Waals surface area contributed by atoms with E-state index in [1.807, 2.05) is 10.9 Å². The molecule has 2 N–H and O–H groups in total. The highest BCUT2D eigenvalue weighted by molar-refractivity contribution is 5.52. The van der Waals surface area contributed by atoms with Gasteiger partial charge in [-0.1, -0.05) is 6.07 Å². The van der Waals surface area contributed by atoms with E-state index in [-0.39, 0.29) is 12.4 Å². The van der Waals surface area contributed by atoms with E-state index in [4.69, 9.17) is 4.74 Å². The molecule has 0 atom stereocenters. The molecule has 2 aromatic heterocycles. The first kappa shape index (κ1) is 16.3. The third-order valence-corrected chi connectivity index (χ3v) is 4.18. The van der Waals surface area contributed by atoms with E-state index in [1.54, 1.807) is 30.6 Å². The Hall–Kier alpha value is -3.16. The smallest absolute Gasteiger partial charge is 0.229 e. The molecule has 0 aliphatic heterocycles. The summed E-state index contributed by atoms with van der Waals surface area (Å²) in [6, 6.07) is 7.00. The van der Waals surface area contributed by atoms with Gasteiger partial charge in [0, 0.05) is 24.5 Å². The Balaban J connectivity index is 1.44. The maximum absolute atomic E-state index is 14.0. The largest absolute Gasteiger partial charge is 0.496 e. The monoisotopic (exact) mass is 354 g/mol. The van der Waals surface area contributed by atoms with E-state index in [0.29, 0.717) is 29.1 Å². The predicted molar refractivity (Wildman–Crippen MR) is 96.1 cm³/mol. The first-order chi connectivity index (χ1) is 12.7. The van der Waals surface area contributed by atoms with Crippen LogP contribution in [0, 0.1) is 5.82 Å². The van der Waals surface area contributed by atoms with Crippen molar-refractivity contribution in [3.8, 4) is 5.75 Å². The van der Waals surface area contributed by atoms with E-state index in [2.05, 4.69) is 25.7 Å². The molecule has 2 heterocycles. The lowest BCUT2D eigenvalue weighted by atomic mass is 10.2. The lowest BCUT2D eigenvalue weighted by Crippen LogP contribution is -2.07. The van der Waals surface area contributed by atoms with E-state index in [0.717, 1.165) is 5.69 Å². The number of aromatic nitrogens is 4. The fourth-order valence-electron chi connectivity index (χ4n) is 2.67. The van der Waals surface area contributed by atoms with Crippen LogP contribution in [-0.2, 0) is 6.54 Å². The number of rotatable bonds is 7. The van der Waals surface area contributed by atoms with Crippen LogP contribution in [0.15, 0.2) is 42.9 Å². The highest BCUT2D eigenvalue weighted by atomic mass is 19.1. The van der Waals surface area contributed by atoms with Gasteiger partial charge in [0.25, 0.3) is 0 Å². The number of methoxy groups -OCH3 is 1. The number of halogens is 1. The summed E-state index contributed by atoms with van der Waals surface area (Å²) in [7, 11) is 1.52. The molecule has 0 saturated heterocycles. The summed E-state index contributed by atoms with van der Waals surface area (Å²) in [4.78, 5) is 8.62. The molecule has 1 aliphatic carbocycles. The van der Waals surface area contributed by atoms with Gasteiger partial charge in [0.15, 0.2) is 0 Å².